The summed E-state index contributed by atoms with van der Waals surface area (Å²) in [5.41, 5.74) is 0. The average Bonchev–Trinajstić information content (AvgIpc) is 3.23. The molecule has 368 valence electrons. The lowest BCUT2D eigenvalue weighted by Crippen LogP contribution is -2.45. The molecular formula is C53H106N2O6P+. The van der Waals surface area contributed by atoms with Crippen molar-refractivity contribution in [1.29, 1.82) is 0 Å². The molecule has 62 heavy (non-hydrogen) atoms. The van der Waals surface area contributed by atoms with Crippen molar-refractivity contribution in [2.24, 2.45) is 0 Å². The van der Waals surface area contributed by atoms with E-state index < -0.39 is 20.0 Å². The van der Waals surface area contributed by atoms with Gasteiger partial charge in [0, 0.05) is 6.42 Å². The summed E-state index contributed by atoms with van der Waals surface area (Å²) in [5, 5.41) is 13.8. The predicted molar refractivity (Wildman–Crippen MR) is 268 cm³/mol. The van der Waals surface area contributed by atoms with Gasteiger partial charge in [-0.1, -0.05) is 244 Å². The molecule has 0 bridgehead atoms. The van der Waals surface area contributed by atoms with Crippen molar-refractivity contribution in [3.8, 4) is 0 Å². The minimum absolute atomic E-state index is 0.0581. The number of amides is 1. The molecule has 0 aromatic carbocycles. The zero-order valence-electron chi connectivity index (χ0n) is 41.9. The third-order valence-corrected chi connectivity index (χ3v) is 13.2. The number of quaternary nitrogens is 1. The van der Waals surface area contributed by atoms with Gasteiger partial charge in [0.1, 0.15) is 13.2 Å². The summed E-state index contributed by atoms with van der Waals surface area (Å²) in [5.74, 6) is -0.188. The van der Waals surface area contributed by atoms with E-state index in [-0.39, 0.29) is 19.1 Å². The SMILES string of the molecule is CCCCCCCCCCCCCCCCCCCCCCCCCCC/C=C/CC/C=C/C(O)C(COP(=O)(O)OCC[N+](C)(C)C)NC(=O)CCCCCCCCCCC. The number of nitrogens with zero attached hydrogens (tertiary/aromatic N) is 1. The number of unbranched alkanes of at least 4 members (excludes halogenated alkanes) is 34. The van der Waals surface area contributed by atoms with E-state index >= 15 is 0 Å². The number of phosphoric ester groups is 1. The second-order valence-corrected chi connectivity index (χ2v) is 21.1. The molecule has 0 saturated heterocycles. The van der Waals surface area contributed by atoms with E-state index in [4.69, 9.17) is 9.05 Å². The number of carbonyl (C=O) groups excluding carboxylic acids is 1. The van der Waals surface area contributed by atoms with Crippen molar-refractivity contribution in [2.45, 2.75) is 270 Å². The number of hydrogen-bond donors (Lipinski definition) is 3. The molecular weight excluding hydrogens is 792 g/mol. The minimum Gasteiger partial charge on any atom is -0.387 e. The van der Waals surface area contributed by atoms with Crippen LogP contribution in [0.5, 0.6) is 0 Å². The van der Waals surface area contributed by atoms with Crippen molar-refractivity contribution < 1.29 is 32.9 Å². The van der Waals surface area contributed by atoms with Crippen LogP contribution in [-0.2, 0) is 18.4 Å². The molecule has 0 fully saturated rings. The summed E-state index contributed by atoms with van der Waals surface area (Å²) in [6.45, 7) is 4.79. The number of carbonyl (C=O) groups is 1. The Labute approximate surface area is 385 Å². The number of nitrogens with one attached hydrogen (secondary N) is 1. The summed E-state index contributed by atoms with van der Waals surface area (Å²) in [7, 11) is 1.56. The molecule has 8 nitrogen and oxygen atoms in total. The van der Waals surface area contributed by atoms with E-state index in [1.807, 2.05) is 27.2 Å². The van der Waals surface area contributed by atoms with Gasteiger partial charge < -0.3 is 19.8 Å². The van der Waals surface area contributed by atoms with Gasteiger partial charge in [-0.05, 0) is 32.1 Å². The maximum atomic E-state index is 12.8. The minimum atomic E-state index is -4.34. The number of rotatable bonds is 49. The highest BCUT2D eigenvalue weighted by Gasteiger charge is 2.27. The molecule has 3 N–H and O–H groups in total. The van der Waals surface area contributed by atoms with Crippen molar-refractivity contribution in [1.82, 2.24) is 5.32 Å². The van der Waals surface area contributed by atoms with E-state index in [1.165, 1.54) is 199 Å². The zero-order chi connectivity index (χ0) is 45.7. The van der Waals surface area contributed by atoms with Crippen LogP contribution in [0, 0.1) is 0 Å². The van der Waals surface area contributed by atoms with Gasteiger partial charge in [-0.2, -0.15) is 0 Å². The van der Waals surface area contributed by atoms with Crippen molar-refractivity contribution >= 4 is 13.7 Å². The second kappa shape index (κ2) is 45.1. The van der Waals surface area contributed by atoms with Gasteiger partial charge in [-0.3, -0.25) is 13.8 Å². The molecule has 0 aliphatic carbocycles. The Morgan fingerprint density at radius 2 is 0.887 bits per heavy atom. The van der Waals surface area contributed by atoms with Crippen LogP contribution in [0.2, 0.25) is 0 Å². The highest BCUT2D eigenvalue weighted by molar-refractivity contribution is 7.47. The Morgan fingerprint density at radius 3 is 1.29 bits per heavy atom. The van der Waals surface area contributed by atoms with E-state index in [0.29, 0.717) is 17.4 Å². The Morgan fingerprint density at radius 1 is 0.532 bits per heavy atom. The molecule has 0 spiro atoms. The number of aliphatic hydroxyl groups excluding tert-OH is 1. The molecule has 0 aliphatic rings. The van der Waals surface area contributed by atoms with E-state index in [9.17, 15) is 19.4 Å². The Bertz CT molecular complexity index is 1060. The van der Waals surface area contributed by atoms with Crippen LogP contribution in [-0.4, -0.2) is 73.4 Å². The van der Waals surface area contributed by atoms with Crippen molar-refractivity contribution in [3.05, 3.63) is 24.3 Å². The number of aliphatic hydroxyl groups is 1. The first-order valence-corrected chi connectivity index (χ1v) is 28.2. The van der Waals surface area contributed by atoms with Gasteiger partial charge in [-0.15, -0.1) is 0 Å². The Balaban J connectivity index is 4.05. The van der Waals surface area contributed by atoms with Crippen LogP contribution in [0.25, 0.3) is 0 Å². The number of likely N-dealkylation sites (N-methyl/N-ethyl adjacent to an activating group) is 1. The summed E-state index contributed by atoms with van der Waals surface area (Å²) in [4.78, 5) is 23.1. The fraction of sp³-hybridized carbons (Fsp3) is 0.906. The maximum absolute atomic E-state index is 12.8. The molecule has 9 heteroatoms. The van der Waals surface area contributed by atoms with E-state index in [0.717, 1.165) is 38.5 Å². The molecule has 0 heterocycles. The molecule has 1 amide bonds. The molecule has 0 rings (SSSR count). The van der Waals surface area contributed by atoms with Gasteiger partial charge in [0.25, 0.3) is 0 Å². The summed E-state index contributed by atoms with van der Waals surface area (Å²) in [6.07, 6.45) is 55.9. The topological polar surface area (TPSA) is 105 Å². The average molecular weight is 898 g/mol. The largest absolute Gasteiger partial charge is 0.472 e. The zero-order valence-corrected chi connectivity index (χ0v) is 42.8. The third-order valence-electron chi connectivity index (χ3n) is 12.2. The number of phosphoric acid groups is 1. The van der Waals surface area contributed by atoms with Crippen LogP contribution in [0.15, 0.2) is 24.3 Å². The van der Waals surface area contributed by atoms with Gasteiger partial charge in [0.15, 0.2) is 0 Å². The third kappa shape index (κ3) is 47.0. The molecule has 3 atom stereocenters. The second-order valence-electron chi connectivity index (χ2n) is 19.6. The van der Waals surface area contributed by atoms with Crippen LogP contribution in [0.1, 0.15) is 258 Å². The number of allylic oxidation sites excluding steroid dienone is 3. The molecule has 0 radical (unpaired) electrons. The Hall–Kier alpha value is -1.02. The fourth-order valence-electron chi connectivity index (χ4n) is 7.94. The van der Waals surface area contributed by atoms with E-state index in [1.54, 1.807) is 6.08 Å². The quantitative estimate of drug-likeness (QED) is 0.0243. The lowest BCUT2D eigenvalue weighted by atomic mass is 10.0. The molecule has 0 aliphatic heterocycles. The summed E-state index contributed by atoms with van der Waals surface area (Å²) < 4.78 is 23.5. The highest BCUT2D eigenvalue weighted by Crippen LogP contribution is 2.43. The van der Waals surface area contributed by atoms with Crippen LogP contribution >= 0.6 is 7.82 Å². The van der Waals surface area contributed by atoms with Gasteiger partial charge in [0.2, 0.25) is 5.91 Å². The van der Waals surface area contributed by atoms with Crippen LogP contribution in [0.4, 0.5) is 0 Å². The summed E-state index contributed by atoms with van der Waals surface area (Å²) in [6, 6.07) is -0.858. The van der Waals surface area contributed by atoms with Crippen LogP contribution in [0.3, 0.4) is 0 Å². The van der Waals surface area contributed by atoms with Gasteiger partial charge >= 0.3 is 7.82 Å². The molecule has 0 aromatic rings. The van der Waals surface area contributed by atoms with Crippen molar-refractivity contribution in [3.63, 3.8) is 0 Å². The first kappa shape index (κ1) is 61.0. The highest BCUT2D eigenvalue weighted by atomic mass is 31.2. The maximum Gasteiger partial charge on any atom is 0.472 e. The smallest absolute Gasteiger partial charge is 0.387 e. The first-order valence-electron chi connectivity index (χ1n) is 26.7. The Kier molecular flexibility index (Phi) is 44.4. The summed E-state index contributed by atoms with van der Waals surface area (Å²) >= 11 is 0. The monoisotopic (exact) mass is 898 g/mol. The van der Waals surface area contributed by atoms with E-state index in [2.05, 4.69) is 31.3 Å². The van der Waals surface area contributed by atoms with Gasteiger partial charge in [-0.25, -0.2) is 4.57 Å². The van der Waals surface area contributed by atoms with Crippen molar-refractivity contribution in [2.75, 3.05) is 40.9 Å². The lowest BCUT2D eigenvalue weighted by Gasteiger charge is -2.25. The number of hydrogen-bond acceptors (Lipinski definition) is 5. The predicted octanol–water partition coefficient (Wildman–Crippen LogP) is 15.6. The molecule has 3 unspecified atom stereocenters. The lowest BCUT2D eigenvalue weighted by molar-refractivity contribution is -0.870. The normalized spacial score (nSPS) is 14.2. The standard InChI is InChI=1S/C53H105N2O6P/c1-6-8-10-12-14-16-17-18-19-20-21-22-23-24-25-26-27-28-29-30-31-32-33-34-35-36-37-39-40-42-44-46-52(56)51(50-61-62(58,59)60-49-48-55(3,4)5)54-53(57)47-45-43-41-38-15-13-11-9-7-2/h37,39,44,46,51-52,56H,6-36,38,40-43,45,47-50H2,1-5H3,(H-,54,57,58,59)/p+1/b39-37+,46-44+. The molecule has 0 saturated carbocycles. The van der Waals surface area contributed by atoms with Crippen LogP contribution < -0.4 is 5.32 Å². The van der Waals surface area contributed by atoms with Gasteiger partial charge in [0.05, 0.1) is 39.9 Å². The fourth-order valence-corrected chi connectivity index (χ4v) is 8.68. The molecule has 0 aromatic heterocycles. The first-order chi connectivity index (χ1) is 30.0.